The first kappa shape index (κ1) is 21.3. The van der Waals surface area contributed by atoms with Gasteiger partial charge in [0.15, 0.2) is 17.3 Å². The molecule has 0 saturated carbocycles. The number of nitrogens with zero attached hydrogens (tertiary/aromatic N) is 2. The Bertz CT molecular complexity index is 991. The van der Waals surface area contributed by atoms with E-state index in [1.165, 1.54) is 0 Å². The quantitative estimate of drug-likeness (QED) is 0.495. The van der Waals surface area contributed by atoms with E-state index < -0.39 is 0 Å². The van der Waals surface area contributed by atoms with Crippen molar-refractivity contribution in [3.8, 4) is 28.5 Å². The van der Waals surface area contributed by atoms with Crippen molar-refractivity contribution < 1.29 is 19.3 Å². The number of ether oxygens (including phenoxy) is 3. The monoisotopic (exact) mass is 412 g/mol. The van der Waals surface area contributed by atoms with Crippen LogP contribution in [0.25, 0.3) is 11.3 Å². The lowest BCUT2D eigenvalue weighted by Gasteiger charge is -2.14. The number of rotatable bonds is 9. The highest BCUT2D eigenvalue weighted by molar-refractivity contribution is 5.72. The van der Waals surface area contributed by atoms with Crippen molar-refractivity contribution in [1.29, 1.82) is 0 Å². The maximum absolute atomic E-state index is 9.09. The number of hydrogen-bond donors (Lipinski definition) is 3. The third-order valence-corrected chi connectivity index (χ3v) is 4.78. The zero-order valence-corrected chi connectivity index (χ0v) is 17.9. The second-order valence-corrected chi connectivity index (χ2v) is 6.76. The minimum absolute atomic E-state index is 0.0816. The van der Waals surface area contributed by atoms with Crippen molar-refractivity contribution >= 4 is 17.2 Å². The number of nitrogens with one attached hydrogen (secondary N) is 2. The van der Waals surface area contributed by atoms with Gasteiger partial charge in [-0.15, -0.1) is 0 Å². The highest BCUT2D eigenvalue weighted by atomic mass is 16.5. The number of aliphatic hydroxyl groups is 1. The molecule has 8 nitrogen and oxygen atoms in total. The van der Waals surface area contributed by atoms with Crippen molar-refractivity contribution in [3.05, 3.63) is 42.0 Å². The first-order valence-electron chi connectivity index (χ1n) is 9.57. The molecule has 3 aromatic rings. The van der Waals surface area contributed by atoms with Crippen LogP contribution in [0.3, 0.4) is 0 Å². The molecule has 2 aromatic carbocycles. The Kier molecular flexibility index (Phi) is 6.68. The molecule has 3 N–H and O–H groups in total. The molecular weight excluding hydrogens is 384 g/mol. The van der Waals surface area contributed by atoms with Gasteiger partial charge in [0.1, 0.15) is 0 Å². The van der Waals surface area contributed by atoms with E-state index in [0.29, 0.717) is 29.6 Å². The zero-order chi connectivity index (χ0) is 21.7. The summed E-state index contributed by atoms with van der Waals surface area (Å²) in [5.74, 6) is 2.35. The fourth-order valence-corrected chi connectivity index (χ4v) is 3.26. The number of aliphatic hydroxyl groups excluding tert-OH is 1. The van der Waals surface area contributed by atoms with Gasteiger partial charge in [0.2, 0.25) is 5.75 Å². The Morgan fingerprint density at radius 3 is 2.30 bits per heavy atom. The SMILES string of the molecule is COc1cc(Nc2cc(-c3ccc(C)c(NCCO)c3)n(C)n2)cc(OC)c1OC. The summed E-state index contributed by atoms with van der Waals surface area (Å²) in [5.41, 5.74) is 4.85. The van der Waals surface area contributed by atoms with Gasteiger partial charge in [0.05, 0.1) is 33.6 Å². The van der Waals surface area contributed by atoms with Crippen molar-refractivity contribution in [2.24, 2.45) is 7.05 Å². The number of benzene rings is 2. The van der Waals surface area contributed by atoms with Crippen molar-refractivity contribution in [2.75, 3.05) is 45.1 Å². The molecule has 0 aliphatic rings. The summed E-state index contributed by atoms with van der Waals surface area (Å²) in [4.78, 5) is 0. The average molecular weight is 412 g/mol. The van der Waals surface area contributed by atoms with Gasteiger partial charge >= 0.3 is 0 Å². The van der Waals surface area contributed by atoms with Crippen LogP contribution in [-0.4, -0.2) is 49.4 Å². The second kappa shape index (κ2) is 9.41. The van der Waals surface area contributed by atoms with Gasteiger partial charge in [0.25, 0.3) is 0 Å². The molecule has 0 unspecified atom stereocenters. The summed E-state index contributed by atoms with van der Waals surface area (Å²) in [5, 5.41) is 20.2. The number of anilines is 3. The van der Waals surface area contributed by atoms with E-state index in [4.69, 9.17) is 19.3 Å². The second-order valence-electron chi connectivity index (χ2n) is 6.76. The summed E-state index contributed by atoms with van der Waals surface area (Å²) in [6.45, 7) is 2.62. The minimum Gasteiger partial charge on any atom is -0.493 e. The van der Waals surface area contributed by atoms with Gasteiger partial charge in [-0.3, -0.25) is 4.68 Å². The van der Waals surface area contributed by atoms with Crippen LogP contribution >= 0.6 is 0 Å². The molecule has 0 radical (unpaired) electrons. The molecule has 0 fully saturated rings. The predicted octanol–water partition coefficient (Wildman–Crippen LogP) is 3.57. The van der Waals surface area contributed by atoms with Gasteiger partial charge < -0.3 is 30.0 Å². The summed E-state index contributed by atoms with van der Waals surface area (Å²) < 4.78 is 18.0. The third-order valence-electron chi connectivity index (χ3n) is 4.78. The van der Waals surface area contributed by atoms with E-state index in [2.05, 4.69) is 27.9 Å². The molecule has 0 bridgehead atoms. The Balaban J connectivity index is 1.90. The van der Waals surface area contributed by atoms with Crippen LogP contribution in [0, 0.1) is 6.92 Å². The molecule has 0 saturated heterocycles. The topological polar surface area (TPSA) is 89.8 Å². The average Bonchev–Trinajstić information content (AvgIpc) is 3.12. The molecule has 160 valence electrons. The molecule has 0 amide bonds. The molecule has 1 heterocycles. The van der Waals surface area contributed by atoms with Crippen LogP contribution in [0.1, 0.15) is 5.56 Å². The normalized spacial score (nSPS) is 10.6. The molecule has 30 heavy (non-hydrogen) atoms. The van der Waals surface area contributed by atoms with E-state index in [-0.39, 0.29) is 6.61 Å². The number of hydrogen-bond acceptors (Lipinski definition) is 7. The molecule has 0 aliphatic heterocycles. The predicted molar refractivity (Wildman–Crippen MR) is 118 cm³/mol. The molecular formula is C22H28N4O4. The van der Waals surface area contributed by atoms with E-state index >= 15 is 0 Å². The first-order valence-corrected chi connectivity index (χ1v) is 9.57. The Morgan fingerprint density at radius 2 is 1.70 bits per heavy atom. The van der Waals surface area contributed by atoms with Crippen LogP contribution < -0.4 is 24.8 Å². The van der Waals surface area contributed by atoms with E-state index in [9.17, 15) is 0 Å². The van der Waals surface area contributed by atoms with Crippen molar-refractivity contribution in [3.63, 3.8) is 0 Å². The van der Waals surface area contributed by atoms with E-state index in [1.807, 2.05) is 42.9 Å². The maximum Gasteiger partial charge on any atom is 0.203 e. The zero-order valence-electron chi connectivity index (χ0n) is 17.9. The summed E-state index contributed by atoms with van der Waals surface area (Å²) >= 11 is 0. The summed E-state index contributed by atoms with van der Waals surface area (Å²) in [7, 11) is 6.64. The lowest BCUT2D eigenvalue weighted by Crippen LogP contribution is -2.06. The minimum atomic E-state index is 0.0816. The fourth-order valence-electron chi connectivity index (χ4n) is 3.26. The van der Waals surface area contributed by atoms with Gasteiger partial charge in [-0.2, -0.15) is 5.10 Å². The molecule has 0 spiro atoms. The van der Waals surface area contributed by atoms with Gasteiger partial charge in [-0.25, -0.2) is 0 Å². The van der Waals surface area contributed by atoms with E-state index in [0.717, 1.165) is 28.2 Å². The van der Waals surface area contributed by atoms with E-state index in [1.54, 1.807) is 21.3 Å². The van der Waals surface area contributed by atoms with Crippen molar-refractivity contribution in [2.45, 2.75) is 6.92 Å². The Hall–Kier alpha value is -3.39. The standard InChI is InChI=1S/C22H28N4O4/c1-14-6-7-15(10-17(14)23-8-9-27)18-13-21(25-26(18)2)24-16-11-19(28-3)22(30-5)20(12-16)29-4/h6-7,10-13,23,27H,8-9H2,1-5H3,(H,24,25). The van der Waals surface area contributed by atoms with Crippen LogP contribution in [0.2, 0.25) is 0 Å². The lowest BCUT2D eigenvalue weighted by molar-refractivity contribution is 0.311. The number of methoxy groups -OCH3 is 3. The molecule has 3 rings (SSSR count). The molecule has 0 aliphatic carbocycles. The lowest BCUT2D eigenvalue weighted by atomic mass is 10.1. The third kappa shape index (κ3) is 4.44. The molecule has 8 heteroatoms. The smallest absolute Gasteiger partial charge is 0.203 e. The van der Waals surface area contributed by atoms with Gasteiger partial charge in [-0.1, -0.05) is 12.1 Å². The highest BCUT2D eigenvalue weighted by Crippen LogP contribution is 2.40. The highest BCUT2D eigenvalue weighted by Gasteiger charge is 2.15. The first-order chi connectivity index (χ1) is 14.5. The van der Waals surface area contributed by atoms with Gasteiger partial charge in [-0.05, 0) is 18.6 Å². The Labute approximate surface area is 176 Å². The number of aromatic nitrogens is 2. The van der Waals surface area contributed by atoms with Crippen LogP contribution in [-0.2, 0) is 7.05 Å². The van der Waals surface area contributed by atoms with Crippen LogP contribution in [0.5, 0.6) is 17.2 Å². The number of aryl methyl sites for hydroxylation is 2. The van der Waals surface area contributed by atoms with Crippen molar-refractivity contribution in [1.82, 2.24) is 9.78 Å². The maximum atomic E-state index is 9.09. The molecule has 0 atom stereocenters. The Morgan fingerprint density at radius 1 is 1.00 bits per heavy atom. The van der Waals surface area contributed by atoms with Gasteiger partial charge in [0, 0.05) is 48.7 Å². The summed E-state index contributed by atoms with van der Waals surface area (Å²) in [6, 6.07) is 11.8. The largest absolute Gasteiger partial charge is 0.493 e. The van der Waals surface area contributed by atoms with Crippen LogP contribution in [0.4, 0.5) is 17.2 Å². The molecule has 1 aromatic heterocycles. The summed E-state index contributed by atoms with van der Waals surface area (Å²) in [6.07, 6.45) is 0. The fraction of sp³-hybridized carbons (Fsp3) is 0.318. The van der Waals surface area contributed by atoms with Crippen LogP contribution in [0.15, 0.2) is 36.4 Å².